The van der Waals surface area contributed by atoms with Crippen molar-refractivity contribution >= 4 is 5.97 Å². The van der Waals surface area contributed by atoms with E-state index in [0.717, 1.165) is 24.3 Å². The molecule has 0 aromatic heterocycles. The highest BCUT2D eigenvalue weighted by atomic mass is 19.4. The van der Waals surface area contributed by atoms with Crippen molar-refractivity contribution in [3.8, 4) is 0 Å². The molecule has 1 aromatic carbocycles. The maximum absolute atomic E-state index is 13.2. The van der Waals surface area contributed by atoms with Crippen LogP contribution in [0.4, 0.5) is 30.7 Å². The Morgan fingerprint density at radius 2 is 1.58 bits per heavy atom. The Kier molecular flexibility index (Phi) is 5.86. The molecule has 0 aliphatic rings. The Morgan fingerprint density at radius 3 is 2.00 bits per heavy atom. The van der Waals surface area contributed by atoms with Gasteiger partial charge in [0.2, 0.25) is 0 Å². The molecule has 0 saturated carbocycles. The van der Waals surface area contributed by atoms with Crippen LogP contribution in [0.2, 0.25) is 0 Å². The van der Waals surface area contributed by atoms with Gasteiger partial charge in [0.25, 0.3) is 0 Å². The molecule has 0 bridgehead atoms. The van der Waals surface area contributed by atoms with Gasteiger partial charge in [-0.25, -0.2) is 4.79 Å². The SMILES string of the molecule is CCOC(=O)c1ccc(C(O)CC(F)(F)C(F)(F)C(F)(F)F)cc1. The number of halogens is 7. The lowest BCUT2D eigenvalue weighted by Crippen LogP contribution is -2.52. The monoisotopic (exact) mass is 362 g/mol. The molecule has 0 saturated heterocycles. The van der Waals surface area contributed by atoms with Crippen molar-refractivity contribution in [3.63, 3.8) is 0 Å². The van der Waals surface area contributed by atoms with Gasteiger partial charge in [0.15, 0.2) is 0 Å². The van der Waals surface area contributed by atoms with Gasteiger partial charge in [-0.1, -0.05) is 12.1 Å². The number of aliphatic hydroxyl groups excluding tert-OH is 1. The molecule has 0 radical (unpaired) electrons. The van der Waals surface area contributed by atoms with Crippen molar-refractivity contribution in [2.24, 2.45) is 0 Å². The lowest BCUT2D eigenvalue weighted by Gasteiger charge is -2.29. The number of benzene rings is 1. The Bertz CT molecular complexity index is 567. The molecular formula is C14H13F7O3. The summed E-state index contributed by atoms with van der Waals surface area (Å²) in [5, 5.41) is 9.52. The van der Waals surface area contributed by atoms with E-state index in [1.165, 1.54) is 0 Å². The first-order chi connectivity index (χ1) is 10.8. The van der Waals surface area contributed by atoms with Crippen LogP contribution in [0, 0.1) is 0 Å². The Labute approximate surface area is 132 Å². The standard InChI is InChI=1S/C14H13F7O3/c1-2-24-11(23)9-5-3-8(4-6-9)10(22)7-12(15,16)13(17,18)14(19,20)21/h3-6,10,22H,2,7H2,1H3. The van der Waals surface area contributed by atoms with Gasteiger partial charge in [-0.15, -0.1) is 0 Å². The molecular weight excluding hydrogens is 349 g/mol. The molecule has 1 N–H and O–H groups in total. The van der Waals surface area contributed by atoms with Gasteiger partial charge in [-0.05, 0) is 24.6 Å². The number of esters is 1. The van der Waals surface area contributed by atoms with Crippen molar-refractivity contribution in [1.29, 1.82) is 0 Å². The van der Waals surface area contributed by atoms with E-state index in [-0.39, 0.29) is 17.7 Å². The molecule has 0 amide bonds. The third kappa shape index (κ3) is 4.16. The molecule has 0 spiro atoms. The van der Waals surface area contributed by atoms with E-state index in [0.29, 0.717) is 0 Å². The smallest absolute Gasteiger partial charge is 0.459 e. The second-order valence-corrected chi connectivity index (χ2v) is 4.84. The van der Waals surface area contributed by atoms with Crippen LogP contribution in [0.25, 0.3) is 0 Å². The van der Waals surface area contributed by atoms with Gasteiger partial charge in [0.05, 0.1) is 18.3 Å². The predicted molar refractivity (Wildman–Crippen MR) is 67.9 cm³/mol. The van der Waals surface area contributed by atoms with Crippen LogP contribution in [0.5, 0.6) is 0 Å². The summed E-state index contributed by atoms with van der Waals surface area (Å²) >= 11 is 0. The molecule has 0 heterocycles. The first-order valence-electron chi connectivity index (χ1n) is 6.61. The Balaban J connectivity index is 2.91. The molecule has 0 aliphatic heterocycles. The van der Waals surface area contributed by atoms with Crippen LogP contribution in [-0.4, -0.2) is 35.7 Å². The van der Waals surface area contributed by atoms with Crippen molar-refractivity contribution in [3.05, 3.63) is 35.4 Å². The number of hydrogen-bond donors (Lipinski definition) is 1. The normalized spacial score (nSPS) is 14.4. The van der Waals surface area contributed by atoms with E-state index in [4.69, 9.17) is 0 Å². The summed E-state index contributed by atoms with van der Waals surface area (Å²) in [6.07, 6.45) is -10.9. The molecule has 1 aromatic rings. The van der Waals surface area contributed by atoms with Crippen LogP contribution < -0.4 is 0 Å². The maximum Gasteiger partial charge on any atom is 0.459 e. The second-order valence-electron chi connectivity index (χ2n) is 4.84. The minimum atomic E-state index is -6.45. The first kappa shape index (κ1) is 20.2. The summed E-state index contributed by atoms with van der Waals surface area (Å²) in [4.78, 5) is 11.4. The van der Waals surface area contributed by atoms with Gasteiger partial charge in [0, 0.05) is 6.42 Å². The number of ether oxygens (including phenoxy) is 1. The van der Waals surface area contributed by atoms with Crippen molar-refractivity contribution in [2.75, 3.05) is 6.61 Å². The summed E-state index contributed by atoms with van der Waals surface area (Å²) < 4.78 is 92.8. The minimum absolute atomic E-state index is 0.000168. The average molecular weight is 362 g/mol. The summed E-state index contributed by atoms with van der Waals surface area (Å²) in [5.74, 6) is -12.5. The summed E-state index contributed by atoms with van der Waals surface area (Å²) in [6.45, 7) is 1.61. The average Bonchev–Trinajstić information content (AvgIpc) is 2.45. The van der Waals surface area contributed by atoms with Crippen molar-refractivity contribution in [1.82, 2.24) is 0 Å². The zero-order valence-electron chi connectivity index (χ0n) is 12.2. The fourth-order valence-electron chi connectivity index (χ4n) is 1.75. The highest BCUT2D eigenvalue weighted by molar-refractivity contribution is 5.89. The van der Waals surface area contributed by atoms with Crippen LogP contribution in [0.1, 0.15) is 35.4 Å². The summed E-state index contributed by atoms with van der Waals surface area (Å²) in [7, 11) is 0. The van der Waals surface area contributed by atoms with Gasteiger partial charge in [0.1, 0.15) is 0 Å². The molecule has 1 unspecified atom stereocenters. The van der Waals surface area contributed by atoms with E-state index in [1.807, 2.05) is 0 Å². The number of carbonyl (C=O) groups excluding carboxylic acids is 1. The molecule has 3 nitrogen and oxygen atoms in total. The molecule has 1 rings (SSSR count). The van der Waals surface area contributed by atoms with Gasteiger partial charge >= 0.3 is 24.0 Å². The zero-order valence-corrected chi connectivity index (χ0v) is 12.2. The number of carbonyl (C=O) groups is 1. The van der Waals surface area contributed by atoms with Crippen molar-refractivity contribution < 1.29 is 45.4 Å². The topological polar surface area (TPSA) is 46.5 Å². The second kappa shape index (κ2) is 6.96. The Hall–Kier alpha value is -1.84. The number of alkyl halides is 7. The van der Waals surface area contributed by atoms with E-state index >= 15 is 0 Å². The fraction of sp³-hybridized carbons (Fsp3) is 0.500. The lowest BCUT2D eigenvalue weighted by atomic mass is 9.98. The van der Waals surface area contributed by atoms with Gasteiger partial charge < -0.3 is 9.84 Å². The number of rotatable bonds is 6. The summed E-state index contributed by atoms with van der Waals surface area (Å²) in [5.41, 5.74) is -0.346. The predicted octanol–water partition coefficient (Wildman–Crippen LogP) is 4.12. The van der Waals surface area contributed by atoms with Crippen molar-refractivity contribution in [2.45, 2.75) is 37.5 Å². The summed E-state index contributed by atoms with van der Waals surface area (Å²) in [6, 6.07) is 4.05. The van der Waals surface area contributed by atoms with Crippen LogP contribution in [-0.2, 0) is 4.74 Å². The molecule has 10 heteroatoms. The third-order valence-corrected chi connectivity index (χ3v) is 3.07. The Morgan fingerprint density at radius 1 is 1.08 bits per heavy atom. The third-order valence-electron chi connectivity index (χ3n) is 3.07. The highest BCUT2D eigenvalue weighted by Crippen LogP contribution is 2.49. The number of aliphatic hydroxyl groups is 1. The van der Waals surface area contributed by atoms with Gasteiger partial charge in [-0.2, -0.15) is 30.7 Å². The quantitative estimate of drug-likeness (QED) is 0.612. The van der Waals surface area contributed by atoms with Crippen LogP contribution in [0.15, 0.2) is 24.3 Å². The van der Waals surface area contributed by atoms with E-state index in [1.54, 1.807) is 6.92 Å². The molecule has 24 heavy (non-hydrogen) atoms. The maximum atomic E-state index is 13.2. The molecule has 0 aliphatic carbocycles. The molecule has 1 atom stereocenters. The highest BCUT2D eigenvalue weighted by Gasteiger charge is 2.72. The van der Waals surface area contributed by atoms with E-state index < -0.39 is 36.5 Å². The van der Waals surface area contributed by atoms with E-state index in [9.17, 15) is 40.6 Å². The van der Waals surface area contributed by atoms with Gasteiger partial charge in [-0.3, -0.25) is 0 Å². The number of hydrogen-bond acceptors (Lipinski definition) is 3. The van der Waals surface area contributed by atoms with Crippen LogP contribution >= 0.6 is 0 Å². The minimum Gasteiger partial charge on any atom is -0.462 e. The lowest BCUT2D eigenvalue weighted by molar-refractivity contribution is -0.358. The fourth-order valence-corrected chi connectivity index (χ4v) is 1.75. The van der Waals surface area contributed by atoms with E-state index in [2.05, 4.69) is 4.74 Å². The first-order valence-corrected chi connectivity index (χ1v) is 6.61. The molecule has 136 valence electrons. The largest absolute Gasteiger partial charge is 0.462 e. The zero-order chi connectivity index (χ0) is 18.8. The molecule has 0 fully saturated rings. The van der Waals surface area contributed by atoms with Crippen LogP contribution in [0.3, 0.4) is 0 Å².